The third kappa shape index (κ3) is 1.96. The smallest absolute Gasteiger partial charge is 0.0497 e. The molecule has 0 N–H and O–H groups in total. The molecule has 0 aliphatic carbocycles. The molecular weight excluding hydrogens is 338 g/mol. The molecule has 0 fully saturated rings. The summed E-state index contributed by atoms with van der Waals surface area (Å²) in [5.41, 5.74) is 3.95. The first-order valence-electron chi connectivity index (χ1n) is 10.0. The Morgan fingerprint density at radius 1 is 0.536 bits per heavy atom. The third-order valence-corrected chi connectivity index (χ3v) is 6.20. The Kier molecular flexibility index (Phi) is 3.14. The summed E-state index contributed by atoms with van der Waals surface area (Å²) in [6.07, 6.45) is 0. The highest BCUT2D eigenvalue weighted by molar-refractivity contribution is 6.28. The second-order valence-corrected chi connectivity index (χ2v) is 7.77. The van der Waals surface area contributed by atoms with Crippen LogP contribution in [0.1, 0.15) is 12.5 Å². The van der Waals surface area contributed by atoms with Crippen molar-refractivity contribution in [2.75, 3.05) is 0 Å². The highest BCUT2D eigenvalue weighted by Gasteiger charge is 2.14. The Bertz CT molecular complexity index is 1550. The fourth-order valence-electron chi connectivity index (χ4n) is 4.95. The molecule has 28 heavy (non-hydrogen) atoms. The van der Waals surface area contributed by atoms with Crippen molar-refractivity contribution in [3.05, 3.63) is 84.4 Å². The van der Waals surface area contributed by atoms with Crippen LogP contribution in [0.15, 0.2) is 78.9 Å². The minimum absolute atomic E-state index is 0.972. The first-order chi connectivity index (χ1) is 13.8. The molecule has 0 saturated heterocycles. The van der Waals surface area contributed by atoms with E-state index in [0.29, 0.717) is 0 Å². The van der Waals surface area contributed by atoms with Crippen molar-refractivity contribution >= 4 is 54.1 Å². The molecule has 1 heterocycles. The van der Waals surface area contributed by atoms with E-state index in [1.807, 2.05) is 0 Å². The summed E-state index contributed by atoms with van der Waals surface area (Å²) in [5, 5.41) is 10.8. The van der Waals surface area contributed by atoms with Crippen LogP contribution in [0.3, 0.4) is 0 Å². The van der Waals surface area contributed by atoms with Crippen LogP contribution in [0.4, 0.5) is 0 Å². The van der Waals surface area contributed by atoms with Crippen LogP contribution in [-0.4, -0.2) is 4.57 Å². The van der Waals surface area contributed by atoms with Crippen LogP contribution in [-0.2, 0) is 6.54 Å². The summed E-state index contributed by atoms with van der Waals surface area (Å²) in [5.74, 6) is 0. The normalized spacial score (nSPS) is 12.1. The zero-order valence-electron chi connectivity index (χ0n) is 16.2. The van der Waals surface area contributed by atoms with E-state index in [-0.39, 0.29) is 0 Å². The van der Waals surface area contributed by atoms with Gasteiger partial charge in [-0.1, -0.05) is 66.2 Å². The van der Waals surface area contributed by atoms with E-state index in [4.69, 9.17) is 0 Å². The number of aromatic nitrogens is 1. The van der Waals surface area contributed by atoms with E-state index in [9.17, 15) is 0 Å². The van der Waals surface area contributed by atoms with Gasteiger partial charge in [0.05, 0.1) is 0 Å². The molecule has 0 amide bonds. The number of rotatable bonds is 1. The van der Waals surface area contributed by atoms with Gasteiger partial charge < -0.3 is 4.57 Å². The Hall–Kier alpha value is -3.32. The van der Waals surface area contributed by atoms with E-state index < -0.39 is 0 Å². The van der Waals surface area contributed by atoms with E-state index in [1.54, 1.807) is 0 Å². The molecule has 5 aromatic carbocycles. The number of para-hydroxylation sites is 1. The van der Waals surface area contributed by atoms with E-state index >= 15 is 0 Å². The quantitative estimate of drug-likeness (QED) is 0.267. The van der Waals surface area contributed by atoms with Gasteiger partial charge in [0.2, 0.25) is 0 Å². The predicted molar refractivity (Wildman–Crippen MR) is 122 cm³/mol. The summed E-state index contributed by atoms with van der Waals surface area (Å²) in [6.45, 7) is 5.38. The van der Waals surface area contributed by atoms with Gasteiger partial charge in [0, 0.05) is 28.4 Å². The summed E-state index contributed by atoms with van der Waals surface area (Å²) in [6, 6.07) is 29.3. The van der Waals surface area contributed by atoms with Crippen LogP contribution in [0.25, 0.3) is 54.1 Å². The molecule has 1 heteroatoms. The summed E-state index contributed by atoms with van der Waals surface area (Å²) in [7, 11) is 0. The monoisotopic (exact) mass is 359 g/mol. The lowest BCUT2D eigenvalue weighted by molar-refractivity contribution is 0.827. The first kappa shape index (κ1) is 15.7. The zero-order chi connectivity index (χ0) is 18.8. The lowest BCUT2D eigenvalue weighted by Crippen LogP contribution is -1.93. The summed E-state index contributed by atoms with van der Waals surface area (Å²) >= 11 is 0. The minimum Gasteiger partial charge on any atom is -0.341 e. The fraction of sp³-hybridized carbons (Fsp3) is 0.111. The second-order valence-electron chi connectivity index (χ2n) is 7.77. The van der Waals surface area contributed by atoms with Gasteiger partial charge in [-0.3, -0.25) is 0 Å². The molecule has 1 aromatic heterocycles. The average Bonchev–Trinajstić information content (AvgIpc) is 3.05. The largest absolute Gasteiger partial charge is 0.341 e. The fourth-order valence-corrected chi connectivity index (χ4v) is 4.95. The molecule has 0 aliphatic rings. The van der Waals surface area contributed by atoms with E-state index in [0.717, 1.165) is 6.54 Å². The van der Waals surface area contributed by atoms with Crippen molar-refractivity contribution in [2.45, 2.75) is 20.4 Å². The maximum Gasteiger partial charge on any atom is 0.0497 e. The molecule has 0 atom stereocenters. The lowest BCUT2D eigenvalue weighted by atomic mass is 9.92. The Labute approximate surface area is 163 Å². The van der Waals surface area contributed by atoms with Crippen molar-refractivity contribution in [1.82, 2.24) is 4.57 Å². The van der Waals surface area contributed by atoms with Gasteiger partial charge in [-0.25, -0.2) is 0 Å². The molecule has 6 rings (SSSR count). The number of hydrogen-bond donors (Lipinski definition) is 0. The van der Waals surface area contributed by atoms with Crippen molar-refractivity contribution in [2.24, 2.45) is 0 Å². The van der Waals surface area contributed by atoms with Gasteiger partial charge in [0.15, 0.2) is 0 Å². The molecular formula is C27H21N. The summed E-state index contributed by atoms with van der Waals surface area (Å²) < 4.78 is 2.44. The van der Waals surface area contributed by atoms with E-state index in [2.05, 4.69) is 97.3 Å². The van der Waals surface area contributed by atoms with Crippen LogP contribution in [0.2, 0.25) is 0 Å². The SMILES string of the molecule is CCn1c2ccccc2c2cc3c4ccc(C)cc4c4ccccc4c3cc21. The summed E-state index contributed by atoms with van der Waals surface area (Å²) in [4.78, 5) is 0. The van der Waals surface area contributed by atoms with Crippen molar-refractivity contribution in [3.63, 3.8) is 0 Å². The van der Waals surface area contributed by atoms with Crippen LogP contribution in [0, 0.1) is 6.92 Å². The minimum atomic E-state index is 0.972. The molecule has 0 radical (unpaired) electrons. The Morgan fingerprint density at radius 2 is 1.14 bits per heavy atom. The topological polar surface area (TPSA) is 4.93 Å². The standard InChI is InChI=1S/C27H21N/c1-3-28-26-11-7-6-10-21(26)25-15-23-20-13-12-17(2)14-22(20)18-8-4-5-9-19(18)24(23)16-27(25)28/h4-16H,3H2,1-2H3. The van der Waals surface area contributed by atoms with Crippen molar-refractivity contribution in [1.29, 1.82) is 0 Å². The number of hydrogen-bond acceptors (Lipinski definition) is 0. The van der Waals surface area contributed by atoms with Crippen LogP contribution >= 0.6 is 0 Å². The van der Waals surface area contributed by atoms with Gasteiger partial charge >= 0.3 is 0 Å². The van der Waals surface area contributed by atoms with Gasteiger partial charge in [0.1, 0.15) is 0 Å². The van der Waals surface area contributed by atoms with Gasteiger partial charge in [-0.15, -0.1) is 0 Å². The molecule has 0 aliphatic heterocycles. The molecule has 0 bridgehead atoms. The highest BCUT2D eigenvalue weighted by atomic mass is 15.0. The maximum absolute atomic E-state index is 2.44. The molecule has 0 saturated carbocycles. The number of benzene rings is 5. The number of aryl methyl sites for hydroxylation is 2. The predicted octanol–water partition coefficient (Wildman–Crippen LogP) is 7.58. The molecule has 0 spiro atoms. The van der Waals surface area contributed by atoms with Crippen molar-refractivity contribution in [3.8, 4) is 0 Å². The Morgan fingerprint density at radius 3 is 1.89 bits per heavy atom. The third-order valence-electron chi connectivity index (χ3n) is 6.20. The number of nitrogens with zero attached hydrogens (tertiary/aromatic N) is 1. The molecule has 134 valence electrons. The second kappa shape index (κ2) is 5.59. The molecule has 0 unspecified atom stereocenters. The van der Waals surface area contributed by atoms with Crippen molar-refractivity contribution < 1.29 is 0 Å². The zero-order valence-corrected chi connectivity index (χ0v) is 16.2. The van der Waals surface area contributed by atoms with Crippen LogP contribution in [0.5, 0.6) is 0 Å². The van der Waals surface area contributed by atoms with E-state index in [1.165, 1.54) is 59.7 Å². The maximum atomic E-state index is 2.44. The average molecular weight is 359 g/mol. The van der Waals surface area contributed by atoms with Gasteiger partial charge in [-0.2, -0.15) is 0 Å². The highest BCUT2D eigenvalue weighted by Crippen LogP contribution is 2.39. The number of fused-ring (bicyclic) bond motifs is 9. The lowest BCUT2D eigenvalue weighted by Gasteiger charge is -2.12. The molecule has 6 aromatic rings. The first-order valence-corrected chi connectivity index (χ1v) is 10.0. The van der Waals surface area contributed by atoms with Gasteiger partial charge in [-0.05, 0) is 64.4 Å². The molecule has 1 nitrogen and oxygen atoms in total. The Balaban J connectivity index is 1.95. The van der Waals surface area contributed by atoms with Crippen LogP contribution < -0.4 is 0 Å². The van der Waals surface area contributed by atoms with Gasteiger partial charge in [0.25, 0.3) is 0 Å².